The van der Waals surface area contributed by atoms with Gasteiger partial charge in [-0.1, -0.05) is 41.5 Å². The van der Waals surface area contributed by atoms with E-state index in [4.69, 9.17) is 4.74 Å². The van der Waals surface area contributed by atoms with Crippen LogP contribution in [-0.4, -0.2) is 44.1 Å². The maximum Gasteiger partial charge on any atom is 0.169 e. The van der Waals surface area contributed by atoms with Crippen molar-refractivity contribution in [3.8, 4) is 5.75 Å². The highest BCUT2D eigenvalue weighted by atomic mass is 79.9. The molecule has 0 fully saturated rings. The van der Waals surface area contributed by atoms with E-state index in [1.54, 1.807) is 0 Å². The number of aromatic nitrogens is 1. The SMILES string of the molecule is CC(C)[Si](C(C)C)(C(C)C)n1cc2c3c(c(Br)ccc31)OCC(N(C)C)C2. The van der Waals surface area contributed by atoms with E-state index in [9.17, 15) is 0 Å². The number of nitrogens with zero attached hydrogens (tertiary/aromatic N) is 2. The number of benzene rings is 1. The first-order valence-corrected chi connectivity index (χ1v) is 13.2. The summed E-state index contributed by atoms with van der Waals surface area (Å²) < 4.78 is 10.1. The van der Waals surface area contributed by atoms with Crippen molar-refractivity contribution in [3.63, 3.8) is 0 Å². The van der Waals surface area contributed by atoms with E-state index < -0.39 is 8.24 Å². The average Bonchev–Trinajstić information content (AvgIpc) is 2.78. The lowest BCUT2D eigenvalue weighted by Gasteiger charge is -2.44. The number of rotatable bonds is 5. The molecule has 0 spiro atoms. The number of hydrogen-bond donors (Lipinski definition) is 0. The Kier molecular flexibility index (Phi) is 5.87. The van der Waals surface area contributed by atoms with Crippen molar-refractivity contribution in [3.05, 3.63) is 28.4 Å². The van der Waals surface area contributed by atoms with Crippen LogP contribution in [0, 0.1) is 0 Å². The molecule has 3 rings (SSSR count). The van der Waals surface area contributed by atoms with Crippen LogP contribution in [0.2, 0.25) is 16.6 Å². The first-order chi connectivity index (χ1) is 12.6. The molecule has 3 nitrogen and oxygen atoms in total. The van der Waals surface area contributed by atoms with Gasteiger partial charge in [0.2, 0.25) is 0 Å². The molecule has 5 heteroatoms. The molecule has 0 aliphatic carbocycles. The molecule has 150 valence electrons. The normalized spacial score (nSPS) is 18.0. The molecule has 1 atom stereocenters. The zero-order valence-electron chi connectivity index (χ0n) is 18.1. The number of hydrogen-bond acceptors (Lipinski definition) is 2. The van der Waals surface area contributed by atoms with Crippen LogP contribution < -0.4 is 4.74 Å². The van der Waals surface area contributed by atoms with E-state index in [-0.39, 0.29) is 0 Å². The Morgan fingerprint density at radius 3 is 2.19 bits per heavy atom. The van der Waals surface area contributed by atoms with Crippen molar-refractivity contribution in [1.29, 1.82) is 0 Å². The minimum Gasteiger partial charge on any atom is -0.490 e. The summed E-state index contributed by atoms with van der Waals surface area (Å²) in [5.74, 6) is 1.03. The molecule has 1 aromatic heterocycles. The highest BCUT2D eigenvalue weighted by Crippen LogP contribution is 2.47. The molecule has 0 radical (unpaired) electrons. The molecular formula is C22H35BrN2OSi. The molecule has 2 aromatic rings. The van der Waals surface area contributed by atoms with Gasteiger partial charge in [-0.05, 0) is 77.0 Å². The van der Waals surface area contributed by atoms with Crippen LogP contribution in [0.25, 0.3) is 10.9 Å². The molecule has 2 heterocycles. The second kappa shape index (κ2) is 7.56. The summed E-state index contributed by atoms with van der Waals surface area (Å²) in [5, 5.41) is 1.33. The molecule has 1 aliphatic heterocycles. The summed E-state index contributed by atoms with van der Waals surface area (Å²) >= 11 is 3.75. The topological polar surface area (TPSA) is 17.4 Å². The number of likely N-dealkylation sites (N-methyl/N-ethyl adjacent to an activating group) is 1. The van der Waals surface area contributed by atoms with Gasteiger partial charge in [0.15, 0.2) is 8.24 Å². The van der Waals surface area contributed by atoms with Gasteiger partial charge in [0.05, 0.1) is 4.47 Å². The Bertz CT molecular complexity index is 804. The van der Waals surface area contributed by atoms with Gasteiger partial charge < -0.3 is 13.9 Å². The molecule has 0 bridgehead atoms. The molecule has 27 heavy (non-hydrogen) atoms. The Morgan fingerprint density at radius 1 is 1.07 bits per heavy atom. The molecule has 0 saturated carbocycles. The minimum atomic E-state index is -1.81. The third kappa shape index (κ3) is 3.20. The Balaban J connectivity index is 2.34. The van der Waals surface area contributed by atoms with Crippen LogP contribution in [-0.2, 0) is 6.42 Å². The maximum absolute atomic E-state index is 6.35. The van der Waals surface area contributed by atoms with Gasteiger partial charge >= 0.3 is 0 Å². The lowest BCUT2D eigenvalue weighted by atomic mass is 10.1. The van der Waals surface area contributed by atoms with Gasteiger partial charge in [-0.25, -0.2) is 0 Å². The third-order valence-corrected chi connectivity index (χ3v) is 14.1. The van der Waals surface area contributed by atoms with Crippen LogP contribution in [0.15, 0.2) is 22.8 Å². The largest absolute Gasteiger partial charge is 0.490 e. The van der Waals surface area contributed by atoms with Crippen molar-refractivity contribution in [2.45, 2.75) is 70.6 Å². The highest BCUT2D eigenvalue weighted by Gasteiger charge is 2.46. The summed E-state index contributed by atoms with van der Waals surface area (Å²) in [5.41, 5.74) is 4.81. The standard InChI is InChI=1S/C22H35BrN2OSi/c1-14(2)27(15(3)4,16(5)6)25-12-17-11-18(24(7)8)13-26-22-19(23)9-10-20(25)21(17)22/h9-10,12,14-16,18H,11,13H2,1-8H3. The fraction of sp³-hybridized carbons (Fsp3) is 0.636. The minimum absolute atomic E-state index is 0.400. The Labute approximate surface area is 174 Å². The van der Waals surface area contributed by atoms with Crippen molar-refractivity contribution < 1.29 is 4.74 Å². The van der Waals surface area contributed by atoms with Gasteiger partial charge in [0, 0.05) is 16.9 Å². The van der Waals surface area contributed by atoms with E-state index in [0.717, 1.165) is 23.2 Å². The zero-order chi connectivity index (χ0) is 20.1. The molecular weight excluding hydrogens is 416 g/mol. The van der Waals surface area contributed by atoms with Gasteiger partial charge in [0.25, 0.3) is 0 Å². The van der Waals surface area contributed by atoms with Crippen LogP contribution in [0.5, 0.6) is 5.75 Å². The fourth-order valence-electron chi connectivity index (χ4n) is 5.62. The summed E-state index contributed by atoms with van der Waals surface area (Å²) in [6, 6.07) is 4.88. The van der Waals surface area contributed by atoms with Gasteiger partial charge in [-0.15, -0.1) is 0 Å². The summed E-state index contributed by atoms with van der Waals surface area (Å²) in [7, 11) is 2.50. The summed E-state index contributed by atoms with van der Waals surface area (Å²) in [6.45, 7) is 15.3. The third-order valence-electron chi connectivity index (χ3n) is 6.75. The summed E-state index contributed by atoms with van der Waals surface area (Å²) in [4.78, 5) is 2.29. The smallest absolute Gasteiger partial charge is 0.169 e. The lowest BCUT2D eigenvalue weighted by Crippen LogP contribution is -2.51. The molecule has 1 unspecified atom stereocenters. The van der Waals surface area contributed by atoms with Gasteiger partial charge in [-0.3, -0.25) is 0 Å². The Morgan fingerprint density at radius 2 is 1.67 bits per heavy atom. The number of halogens is 1. The van der Waals surface area contributed by atoms with E-state index in [1.165, 1.54) is 16.5 Å². The van der Waals surface area contributed by atoms with Crippen LogP contribution >= 0.6 is 15.9 Å². The first-order valence-electron chi connectivity index (χ1n) is 10.2. The quantitative estimate of drug-likeness (QED) is 0.497. The zero-order valence-corrected chi connectivity index (χ0v) is 20.7. The van der Waals surface area contributed by atoms with Crippen LogP contribution in [0.4, 0.5) is 0 Å². The van der Waals surface area contributed by atoms with Crippen LogP contribution in [0.3, 0.4) is 0 Å². The predicted octanol–water partition coefficient (Wildman–Crippen LogP) is 6.29. The van der Waals surface area contributed by atoms with Crippen molar-refractivity contribution in [2.24, 2.45) is 0 Å². The molecule has 1 aliphatic rings. The summed E-state index contributed by atoms with van der Waals surface area (Å²) in [6.07, 6.45) is 3.54. The molecule has 0 N–H and O–H groups in total. The van der Waals surface area contributed by atoms with Gasteiger partial charge in [-0.2, -0.15) is 0 Å². The first kappa shape index (κ1) is 20.9. The van der Waals surface area contributed by atoms with Crippen LogP contribution in [0.1, 0.15) is 47.1 Å². The fourth-order valence-corrected chi connectivity index (χ4v) is 12.7. The Hall–Kier alpha value is -0.783. The lowest BCUT2D eigenvalue weighted by molar-refractivity contribution is 0.189. The second-order valence-electron chi connectivity index (χ2n) is 9.28. The second-order valence-corrected chi connectivity index (χ2v) is 15.9. The van der Waals surface area contributed by atoms with Crippen molar-refractivity contribution >= 4 is 35.1 Å². The van der Waals surface area contributed by atoms with E-state index in [2.05, 4.69) is 99.0 Å². The monoisotopic (exact) mass is 450 g/mol. The highest BCUT2D eigenvalue weighted by molar-refractivity contribution is 9.10. The number of ether oxygens (including phenoxy) is 1. The predicted molar refractivity (Wildman–Crippen MR) is 123 cm³/mol. The van der Waals surface area contributed by atoms with E-state index in [0.29, 0.717) is 22.7 Å². The van der Waals surface area contributed by atoms with Crippen molar-refractivity contribution in [1.82, 2.24) is 9.13 Å². The van der Waals surface area contributed by atoms with Gasteiger partial charge in [0.1, 0.15) is 12.4 Å². The average molecular weight is 452 g/mol. The maximum atomic E-state index is 6.35. The van der Waals surface area contributed by atoms with Crippen molar-refractivity contribution in [2.75, 3.05) is 20.7 Å². The van der Waals surface area contributed by atoms with E-state index >= 15 is 0 Å². The van der Waals surface area contributed by atoms with E-state index in [1.807, 2.05) is 0 Å². The molecule has 1 aromatic carbocycles. The molecule has 0 amide bonds. The molecule has 0 saturated heterocycles.